The van der Waals surface area contributed by atoms with Gasteiger partial charge in [0.25, 0.3) is 0 Å². The van der Waals surface area contributed by atoms with Gasteiger partial charge in [0, 0.05) is 12.7 Å². The Morgan fingerprint density at radius 1 is 1.44 bits per heavy atom. The van der Waals surface area contributed by atoms with Crippen molar-refractivity contribution in [1.82, 2.24) is 9.88 Å². The third-order valence-electron chi connectivity index (χ3n) is 2.77. The van der Waals surface area contributed by atoms with Crippen LogP contribution in [0.15, 0.2) is 18.5 Å². The monoisotopic (exact) mass is 217 g/mol. The standard InChI is InChI=1S/C12H15N3O/c13-9-11-3-4-14-10-12(11)16-8-7-15-5-1-2-6-15/h3-4,10H,1-2,5-8H2. The van der Waals surface area contributed by atoms with Crippen LogP contribution in [0.5, 0.6) is 5.75 Å². The molecule has 0 radical (unpaired) electrons. The highest BCUT2D eigenvalue weighted by Crippen LogP contribution is 2.15. The highest BCUT2D eigenvalue weighted by Gasteiger charge is 2.11. The van der Waals surface area contributed by atoms with Crippen LogP contribution >= 0.6 is 0 Å². The molecule has 0 aromatic carbocycles. The molecule has 84 valence electrons. The number of likely N-dealkylation sites (tertiary alicyclic amines) is 1. The van der Waals surface area contributed by atoms with Crippen LogP contribution in [0.4, 0.5) is 0 Å². The summed E-state index contributed by atoms with van der Waals surface area (Å²) in [5.41, 5.74) is 0.552. The first-order valence-electron chi connectivity index (χ1n) is 5.59. The SMILES string of the molecule is N#Cc1ccncc1OCCN1CCCC1. The molecule has 2 heterocycles. The molecule has 0 aliphatic carbocycles. The van der Waals surface area contributed by atoms with Gasteiger partial charge in [-0.25, -0.2) is 0 Å². The Morgan fingerprint density at radius 3 is 3.00 bits per heavy atom. The van der Waals surface area contributed by atoms with E-state index < -0.39 is 0 Å². The van der Waals surface area contributed by atoms with E-state index in [1.807, 2.05) is 0 Å². The van der Waals surface area contributed by atoms with Gasteiger partial charge in [-0.15, -0.1) is 0 Å². The molecule has 0 atom stereocenters. The minimum atomic E-state index is 0.552. The van der Waals surface area contributed by atoms with E-state index in [0.29, 0.717) is 17.9 Å². The first kappa shape index (κ1) is 10.9. The Bertz CT molecular complexity index is 380. The summed E-state index contributed by atoms with van der Waals surface area (Å²) >= 11 is 0. The summed E-state index contributed by atoms with van der Waals surface area (Å²) in [7, 11) is 0. The van der Waals surface area contributed by atoms with Crippen LogP contribution < -0.4 is 4.74 Å². The van der Waals surface area contributed by atoms with Gasteiger partial charge in [-0.3, -0.25) is 9.88 Å². The molecular formula is C12H15N3O. The lowest BCUT2D eigenvalue weighted by Gasteiger charge is -2.14. The summed E-state index contributed by atoms with van der Waals surface area (Å²) in [5, 5.41) is 8.86. The fourth-order valence-corrected chi connectivity index (χ4v) is 1.88. The molecule has 16 heavy (non-hydrogen) atoms. The lowest BCUT2D eigenvalue weighted by atomic mass is 10.3. The maximum absolute atomic E-state index is 8.86. The highest BCUT2D eigenvalue weighted by molar-refractivity contribution is 5.40. The fraction of sp³-hybridized carbons (Fsp3) is 0.500. The maximum Gasteiger partial charge on any atom is 0.155 e. The number of nitrogens with zero attached hydrogens (tertiary/aromatic N) is 3. The smallest absolute Gasteiger partial charge is 0.155 e. The predicted octanol–water partition coefficient (Wildman–Crippen LogP) is 1.43. The number of pyridine rings is 1. The van der Waals surface area contributed by atoms with Crippen molar-refractivity contribution in [3.05, 3.63) is 24.0 Å². The molecule has 0 unspecified atom stereocenters. The van der Waals surface area contributed by atoms with E-state index in [1.165, 1.54) is 25.9 Å². The lowest BCUT2D eigenvalue weighted by Crippen LogP contribution is -2.25. The Balaban J connectivity index is 1.82. The Morgan fingerprint density at radius 2 is 2.25 bits per heavy atom. The summed E-state index contributed by atoms with van der Waals surface area (Å²) < 4.78 is 5.56. The molecule has 4 nitrogen and oxygen atoms in total. The van der Waals surface area contributed by atoms with Crippen molar-refractivity contribution in [3.63, 3.8) is 0 Å². The van der Waals surface area contributed by atoms with E-state index in [-0.39, 0.29) is 0 Å². The van der Waals surface area contributed by atoms with E-state index in [0.717, 1.165) is 6.54 Å². The molecule has 0 N–H and O–H groups in total. The van der Waals surface area contributed by atoms with Gasteiger partial charge >= 0.3 is 0 Å². The van der Waals surface area contributed by atoms with Gasteiger partial charge in [-0.2, -0.15) is 5.26 Å². The van der Waals surface area contributed by atoms with Gasteiger partial charge in [0.1, 0.15) is 12.7 Å². The molecule has 4 heteroatoms. The second kappa shape index (κ2) is 5.47. The van der Waals surface area contributed by atoms with E-state index in [2.05, 4.69) is 16.0 Å². The highest BCUT2D eigenvalue weighted by atomic mass is 16.5. The third kappa shape index (κ3) is 2.71. The van der Waals surface area contributed by atoms with Gasteiger partial charge < -0.3 is 4.74 Å². The molecule has 0 spiro atoms. The normalized spacial score (nSPS) is 15.9. The van der Waals surface area contributed by atoms with Gasteiger partial charge in [-0.1, -0.05) is 0 Å². The fourth-order valence-electron chi connectivity index (χ4n) is 1.88. The number of hydrogen-bond acceptors (Lipinski definition) is 4. The van der Waals surface area contributed by atoms with Crippen molar-refractivity contribution in [1.29, 1.82) is 5.26 Å². The van der Waals surface area contributed by atoms with E-state index in [4.69, 9.17) is 10.00 Å². The van der Waals surface area contributed by atoms with Crippen LogP contribution in [-0.4, -0.2) is 36.1 Å². The summed E-state index contributed by atoms with van der Waals surface area (Å²) in [4.78, 5) is 6.33. The van der Waals surface area contributed by atoms with Crippen LogP contribution in [-0.2, 0) is 0 Å². The van der Waals surface area contributed by atoms with Gasteiger partial charge in [-0.05, 0) is 32.0 Å². The van der Waals surface area contributed by atoms with Gasteiger partial charge in [0.15, 0.2) is 5.75 Å². The van der Waals surface area contributed by atoms with E-state index in [9.17, 15) is 0 Å². The third-order valence-corrected chi connectivity index (χ3v) is 2.77. The maximum atomic E-state index is 8.86. The Hall–Kier alpha value is -1.60. The summed E-state index contributed by atoms with van der Waals surface area (Å²) in [6.07, 6.45) is 5.78. The largest absolute Gasteiger partial charge is 0.489 e. The van der Waals surface area contributed by atoms with Gasteiger partial charge in [0.2, 0.25) is 0 Å². The molecule has 1 saturated heterocycles. The van der Waals surface area contributed by atoms with Crippen LogP contribution in [0.1, 0.15) is 18.4 Å². The summed E-state index contributed by atoms with van der Waals surface area (Å²) in [6, 6.07) is 3.77. The Kier molecular flexibility index (Phi) is 3.73. The van der Waals surface area contributed by atoms with Crippen molar-refractivity contribution in [2.45, 2.75) is 12.8 Å². The number of rotatable bonds is 4. The number of hydrogen-bond donors (Lipinski definition) is 0. The topological polar surface area (TPSA) is 49.1 Å². The lowest BCUT2D eigenvalue weighted by molar-refractivity contribution is 0.237. The molecule has 1 aromatic heterocycles. The molecule has 1 fully saturated rings. The van der Waals surface area contributed by atoms with Crippen molar-refractivity contribution in [2.24, 2.45) is 0 Å². The van der Waals surface area contributed by atoms with E-state index >= 15 is 0 Å². The molecule has 0 amide bonds. The van der Waals surface area contributed by atoms with Gasteiger partial charge in [0.05, 0.1) is 11.8 Å². The number of ether oxygens (including phenoxy) is 1. The quantitative estimate of drug-likeness (QED) is 0.765. The second-order valence-corrected chi connectivity index (χ2v) is 3.88. The number of aromatic nitrogens is 1. The minimum absolute atomic E-state index is 0.552. The second-order valence-electron chi connectivity index (χ2n) is 3.88. The molecular weight excluding hydrogens is 202 g/mol. The van der Waals surface area contributed by atoms with Crippen molar-refractivity contribution < 1.29 is 4.74 Å². The first-order chi connectivity index (χ1) is 7.90. The summed E-state index contributed by atoms with van der Waals surface area (Å²) in [6.45, 7) is 3.89. The average Bonchev–Trinajstić information content (AvgIpc) is 2.83. The molecule has 0 saturated carbocycles. The molecule has 2 rings (SSSR count). The first-order valence-corrected chi connectivity index (χ1v) is 5.59. The van der Waals surface area contributed by atoms with E-state index in [1.54, 1.807) is 18.5 Å². The zero-order valence-electron chi connectivity index (χ0n) is 9.22. The minimum Gasteiger partial charge on any atom is -0.489 e. The molecule has 1 aliphatic heterocycles. The summed E-state index contributed by atoms with van der Waals surface area (Å²) in [5.74, 6) is 0.587. The molecule has 1 aliphatic rings. The average molecular weight is 217 g/mol. The van der Waals surface area contributed by atoms with Crippen LogP contribution in [0.2, 0.25) is 0 Å². The van der Waals surface area contributed by atoms with Crippen LogP contribution in [0, 0.1) is 11.3 Å². The molecule has 1 aromatic rings. The van der Waals surface area contributed by atoms with Crippen LogP contribution in [0.3, 0.4) is 0 Å². The molecule has 0 bridgehead atoms. The Labute approximate surface area is 95.5 Å². The zero-order chi connectivity index (χ0) is 11.2. The number of nitriles is 1. The predicted molar refractivity (Wildman–Crippen MR) is 60.1 cm³/mol. The van der Waals surface area contributed by atoms with Crippen molar-refractivity contribution >= 4 is 0 Å². The zero-order valence-corrected chi connectivity index (χ0v) is 9.22. The van der Waals surface area contributed by atoms with Crippen molar-refractivity contribution in [3.8, 4) is 11.8 Å². The van der Waals surface area contributed by atoms with Crippen LogP contribution in [0.25, 0.3) is 0 Å². The van der Waals surface area contributed by atoms with Crippen molar-refractivity contribution in [2.75, 3.05) is 26.2 Å².